The lowest BCUT2D eigenvalue weighted by atomic mass is 10.1. The number of rotatable bonds is 6. The number of nitro benzene ring substituents is 2. The van der Waals surface area contributed by atoms with Crippen molar-refractivity contribution in [2.75, 3.05) is 4.90 Å². The Labute approximate surface area is 201 Å². The lowest BCUT2D eigenvalue weighted by Crippen LogP contribution is -2.54. The van der Waals surface area contributed by atoms with Gasteiger partial charge in [-0.2, -0.15) is 0 Å². The average Bonchev–Trinajstić information content (AvgIpc) is 2.83. The number of non-ortho nitro benzene ring substituents is 1. The van der Waals surface area contributed by atoms with Gasteiger partial charge >= 0.3 is 11.7 Å². The Balaban J connectivity index is 1.65. The fourth-order valence-corrected chi connectivity index (χ4v) is 3.30. The number of phenols is 1. The molecule has 1 fully saturated rings. The molecule has 0 bridgehead atoms. The highest BCUT2D eigenvalue weighted by Gasteiger charge is 2.36. The predicted molar refractivity (Wildman–Crippen MR) is 123 cm³/mol. The summed E-state index contributed by atoms with van der Waals surface area (Å²) in [4.78, 5) is 59.0. The quantitative estimate of drug-likeness (QED) is 0.225. The van der Waals surface area contributed by atoms with Crippen LogP contribution in [0.4, 0.5) is 21.9 Å². The molecule has 1 aliphatic heterocycles. The molecule has 0 unspecified atom stereocenters. The molecule has 36 heavy (non-hydrogen) atoms. The molecule has 0 saturated carbocycles. The van der Waals surface area contributed by atoms with Gasteiger partial charge in [-0.15, -0.1) is 0 Å². The molecule has 1 heterocycles. The van der Waals surface area contributed by atoms with Crippen LogP contribution in [-0.4, -0.2) is 32.8 Å². The standard InChI is InChI=1S/C23H14N4O9/c28-16-7-4-14(5-8-16)25-22(30)18(21(29)24-23(25)31)11-13-2-1-3-17(10-13)36-20-9-6-15(26(32)33)12-19(20)27(34)35/h1-12,28H,(H,24,29,31)/b18-11-. The van der Waals surface area contributed by atoms with Crippen molar-refractivity contribution in [3.8, 4) is 17.2 Å². The summed E-state index contributed by atoms with van der Waals surface area (Å²) < 4.78 is 5.54. The van der Waals surface area contributed by atoms with Gasteiger partial charge in [0.1, 0.15) is 17.1 Å². The van der Waals surface area contributed by atoms with Gasteiger partial charge in [-0.25, -0.2) is 9.69 Å². The average molecular weight is 490 g/mol. The molecule has 4 amide bonds. The van der Waals surface area contributed by atoms with E-state index in [1.54, 1.807) is 0 Å². The van der Waals surface area contributed by atoms with E-state index in [4.69, 9.17) is 4.74 Å². The van der Waals surface area contributed by atoms with Crippen LogP contribution in [0.1, 0.15) is 5.56 Å². The maximum Gasteiger partial charge on any atom is 0.335 e. The van der Waals surface area contributed by atoms with Gasteiger partial charge in [0.2, 0.25) is 5.75 Å². The first-order valence-electron chi connectivity index (χ1n) is 10.1. The molecule has 0 aromatic heterocycles. The van der Waals surface area contributed by atoms with E-state index < -0.39 is 39.1 Å². The minimum atomic E-state index is -0.963. The van der Waals surface area contributed by atoms with Gasteiger partial charge in [0.05, 0.1) is 21.6 Å². The maximum atomic E-state index is 13.0. The van der Waals surface area contributed by atoms with Gasteiger partial charge in [-0.3, -0.25) is 35.1 Å². The van der Waals surface area contributed by atoms with E-state index in [-0.39, 0.29) is 34.1 Å². The van der Waals surface area contributed by atoms with Gasteiger partial charge < -0.3 is 9.84 Å². The lowest BCUT2D eigenvalue weighted by Gasteiger charge is -2.26. The Hall–Kier alpha value is -5.59. The number of imide groups is 2. The third-order valence-corrected chi connectivity index (χ3v) is 4.96. The normalized spacial score (nSPS) is 14.5. The first-order valence-corrected chi connectivity index (χ1v) is 10.1. The Morgan fingerprint density at radius 2 is 1.64 bits per heavy atom. The number of urea groups is 1. The summed E-state index contributed by atoms with van der Waals surface area (Å²) in [6.07, 6.45) is 1.20. The maximum absolute atomic E-state index is 13.0. The first kappa shape index (κ1) is 23.6. The molecule has 1 saturated heterocycles. The van der Waals surface area contributed by atoms with Crippen molar-refractivity contribution >= 4 is 41.0 Å². The highest BCUT2D eigenvalue weighted by Crippen LogP contribution is 2.35. The van der Waals surface area contributed by atoms with E-state index >= 15 is 0 Å². The Bertz CT molecular complexity index is 1460. The number of nitrogens with one attached hydrogen (secondary N) is 1. The summed E-state index contributed by atoms with van der Waals surface area (Å²) in [5.74, 6) is -2.10. The van der Waals surface area contributed by atoms with Crippen molar-refractivity contribution < 1.29 is 34.1 Å². The van der Waals surface area contributed by atoms with Gasteiger partial charge in [-0.05, 0) is 54.1 Å². The van der Waals surface area contributed by atoms with E-state index in [0.717, 1.165) is 23.1 Å². The number of barbiturate groups is 1. The second-order valence-corrected chi connectivity index (χ2v) is 7.32. The number of benzene rings is 3. The topological polar surface area (TPSA) is 182 Å². The molecule has 0 radical (unpaired) electrons. The van der Waals surface area contributed by atoms with E-state index in [1.165, 1.54) is 54.6 Å². The molecule has 13 nitrogen and oxygen atoms in total. The molecule has 13 heteroatoms. The van der Waals surface area contributed by atoms with Crippen molar-refractivity contribution in [1.82, 2.24) is 5.32 Å². The zero-order valence-corrected chi connectivity index (χ0v) is 18.0. The second kappa shape index (κ2) is 9.34. The SMILES string of the molecule is O=C1NC(=O)N(c2ccc(O)cc2)C(=O)/C1=C\c1cccc(Oc2ccc([N+](=O)[O-])cc2[N+](=O)[O-])c1. The van der Waals surface area contributed by atoms with Gasteiger partial charge in [0, 0.05) is 6.07 Å². The van der Waals surface area contributed by atoms with Crippen LogP contribution in [0.5, 0.6) is 17.2 Å². The number of amides is 4. The summed E-state index contributed by atoms with van der Waals surface area (Å²) in [6.45, 7) is 0. The Kier molecular flexibility index (Phi) is 6.11. The number of phenolic OH excluding ortho intramolecular Hbond substituents is 1. The zero-order valence-electron chi connectivity index (χ0n) is 18.0. The number of carbonyl (C=O) groups excluding carboxylic acids is 3. The number of hydrogen-bond acceptors (Lipinski definition) is 9. The van der Waals surface area contributed by atoms with E-state index in [9.17, 15) is 39.7 Å². The molecule has 3 aromatic rings. The fraction of sp³-hybridized carbons (Fsp3) is 0. The molecular weight excluding hydrogens is 476 g/mol. The van der Waals surface area contributed by atoms with E-state index in [2.05, 4.69) is 5.32 Å². The fourth-order valence-electron chi connectivity index (χ4n) is 3.30. The largest absolute Gasteiger partial charge is 0.508 e. The predicted octanol–water partition coefficient (Wildman–Crippen LogP) is 3.67. The molecule has 0 aliphatic carbocycles. The van der Waals surface area contributed by atoms with E-state index in [1.807, 2.05) is 0 Å². The molecule has 0 atom stereocenters. The minimum absolute atomic E-state index is 0.0800. The van der Waals surface area contributed by atoms with E-state index in [0.29, 0.717) is 0 Å². The third kappa shape index (κ3) is 4.70. The smallest absolute Gasteiger partial charge is 0.335 e. The number of hydrogen-bond donors (Lipinski definition) is 2. The third-order valence-electron chi connectivity index (χ3n) is 4.96. The van der Waals surface area contributed by atoms with Gasteiger partial charge in [0.25, 0.3) is 17.5 Å². The van der Waals surface area contributed by atoms with Gasteiger partial charge in [-0.1, -0.05) is 12.1 Å². The molecule has 1 aliphatic rings. The summed E-state index contributed by atoms with van der Waals surface area (Å²) >= 11 is 0. The highest BCUT2D eigenvalue weighted by atomic mass is 16.6. The Morgan fingerprint density at radius 3 is 2.31 bits per heavy atom. The van der Waals surface area contributed by atoms with Crippen LogP contribution in [0.25, 0.3) is 6.08 Å². The Morgan fingerprint density at radius 1 is 0.917 bits per heavy atom. The van der Waals surface area contributed by atoms with Crippen LogP contribution < -0.4 is 15.0 Å². The molecule has 180 valence electrons. The van der Waals surface area contributed by atoms with Crippen molar-refractivity contribution in [1.29, 1.82) is 0 Å². The number of ether oxygens (including phenoxy) is 1. The lowest BCUT2D eigenvalue weighted by molar-refractivity contribution is -0.394. The molecule has 4 rings (SSSR count). The van der Waals surface area contributed by atoms with Crippen molar-refractivity contribution in [3.05, 3.63) is 98.1 Å². The number of nitrogens with zero attached hydrogens (tertiary/aromatic N) is 3. The first-order chi connectivity index (χ1) is 17.1. The van der Waals surface area contributed by atoms with Crippen LogP contribution in [0.3, 0.4) is 0 Å². The van der Waals surface area contributed by atoms with Crippen LogP contribution in [0.15, 0.2) is 72.3 Å². The molecule has 0 spiro atoms. The summed E-state index contributed by atoms with van der Waals surface area (Å²) in [5, 5.41) is 33.8. The number of nitro groups is 2. The van der Waals surface area contributed by atoms with Crippen LogP contribution >= 0.6 is 0 Å². The van der Waals surface area contributed by atoms with Crippen LogP contribution in [0, 0.1) is 20.2 Å². The summed E-state index contributed by atoms with van der Waals surface area (Å²) in [5.41, 5.74) is -1.08. The molecule has 3 aromatic carbocycles. The zero-order chi connectivity index (χ0) is 26.0. The van der Waals surface area contributed by atoms with Gasteiger partial charge in [0.15, 0.2) is 0 Å². The number of carbonyl (C=O) groups is 3. The minimum Gasteiger partial charge on any atom is -0.508 e. The number of anilines is 1. The van der Waals surface area contributed by atoms with Crippen LogP contribution in [-0.2, 0) is 9.59 Å². The monoisotopic (exact) mass is 490 g/mol. The molecule has 2 N–H and O–H groups in total. The summed E-state index contributed by atoms with van der Waals surface area (Å²) in [6, 6.07) is 13.0. The number of aromatic hydroxyl groups is 1. The van der Waals surface area contributed by atoms with Crippen LogP contribution in [0.2, 0.25) is 0 Å². The highest BCUT2D eigenvalue weighted by molar-refractivity contribution is 6.39. The molecular formula is C23H14N4O9. The van der Waals surface area contributed by atoms with Crippen molar-refractivity contribution in [3.63, 3.8) is 0 Å². The summed E-state index contributed by atoms with van der Waals surface area (Å²) in [7, 11) is 0. The van der Waals surface area contributed by atoms with Crippen molar-refractivity contribution in [2.24, 2.45) is 0 Å². The van der Waals surface area contributed by atoms with Crippen molar-refractivity contribution in [2.45, 2.75) is 0 Å². The second-order valence-electron chi connectivity index (χ2n) is 7.32.